The minimum absolute atomic E-state index is 0.125. The highest BCUT2D eigenvalue weighted by Crippen LogP contribution is 2.10. The topological polar surface area (TPSA) is 147 Å². The van der Waals surface area contributed by atoms with Crippen LogP contribution in [0.5, 0.6) is 5.75 Å². The van der Waals surface area contributed by atoms with Crippen molar-refractivity contribution in [3.63, 3.8) is 0 Å². The molecule has 4 aromatic rings. The number of ether oxygens (including phenoxy) is 1. The fourth-order valence-electron chi connectivity index (χ4n) is 2.22. The number of aromatic amines is 3. The van der Waals surface area contributed by atoms with E-state index in [1.807, 2.05) is 7.05 Å². The Morgan fingerprint density at radius 2 is 1.75 bits per heavy atom. The molecule has 11 heteroatoms. The Labute approximate surface area is 158 Å². The van der Waals surface area contributed by atoms with Crippen molar-refractivity contribution in [2.75, 3.05) is 7.11 Å². The van der Waals surface area contributed by atoms with Gasteiger partial charge in [-0.15, -0.1) is 0 Å². The molecule has 4 rings (SSSR count). The standard InChI is InChI=1S/C9H10N4O2.C8H8N4O/c1-13-4-3-10-8(13)7-11-5-6(15-2)9(14)12-7;1-5-2-10-7(12-8(5)13)6-3-9-4-11-6/h3-5H,1-2H3,(H,11,12,14);2-4H,1H3,(H,9,11)(H,10,12,13). The second-order valence-electron chi connectivity index (χ2n) is 5.70. The Bertz CT molecular complexity index is 1170. The molecule has 0 unspecified atom stereocenters. The van der Waals surface area contributed by atoms with E-state index in [1.165, 1.54) is 25.8 Å². The summed E-state index contributed by atoms with van der Waals surface area (Å²) in [5.74, 6) is 1.73. The van der Waals surface area contributed by atoms with Crippen LogP contribution in [0, 0.1) is 6.92 Å². The van der Waals surface area contributed by atoms with Crippen LogP contribution in [-0.2, 0) is 7.05 Å². The predicted octanol–water partition coefficient (Wildman–Crippen LogP) is 0.647. The first kappa shape index (κ1) is 18.8. The van der Waals surface area contributed by atoms with Gasteiger partial charge in [-0.25, -0.2) is 19.9 Å². The van der Waals surface area contributed by atoms with Crippen LogP contribution in [0.15, 0.2) is 46.9 Å². The molecule has 0 atom stereocenters. The van der Waals surface area contributed by atoms with Gasteiger partial charge in [0.25, 0.3) is 11.1 Å². The minimum atomic E-state index is -0.314. The second kappa shape index (κ2) is 8.12. The van der Waals surface area contributed by atoms with Gasteiger partial charge in [-0.05, 0) is 6.92 Å². The van der Waals surface area contributed by atoms with Crippen molar-refractivity contribution in [2.45, 2.75) is 6.92 Å². The van der Waals surface area contributed by atoms with E-state index in [9.17, 15) is 9.59 Å². The van der Waals surface area contributed by atoms with Gasteiger partial charge in [0.2, 0.25) is 5.75 Å². The van der Waals surface area contributed by atoms with Crippen molar-refractivity contribution in [3.05, 3.63) is 63.6 Å². The number of nitrogens with one attached hydrogen (secondary N) is 3. The van der Waals surface area contributed by atoms with Gasteiger partial charge in [0.15, 0.2) is 17.5 Å². The second-order valence-corrected chi connectivity index (χ2v) is 5.70. The molecule has 0 spiro atoms. The first-order chi connectivity index (χ1) is 13.5. The molecule has 0 saturated carbocycles. The fraction of sp³-hybridized carbons (Fsp3) is 0.176. The maximum absolute atomic E-state index is 11.4. The number of aromatic nitrogens is 8. The lowest BCUT2D eigenvalue weighted by Gasteiger charge is -2.01. The van der Waals surface area contributed by atoms with E-state index in [1.54, 1.807) is 30.1 Å². The lowest BCUT2D eigenvalue weighted by Crippen LogP contribution is -2.12. The molecular weight excluding hydrogens is 364 g/mol. The van der Waals surface area contributed by atoms with Crippen LogP contribution in [0.2, 0.25) is 0 Å². The third-order valence-electron chi connectivity index (χ3n) is 3.75. The van der Waals surface area contributed by atoms with Crippen LogP contribution < -0.4 is 15.9 Å². The maximum atomic E-state index is 11.4. The molecule has 0 amide bonds. The van der Waals surface area contributed by atoms with Crippen LogP contribution >= 0.6 is 0 Å². The average Bonchev–Trinajstić information content (AvgIpc) is 3.36. The SMILES string of the molecule is COc1cnc(-c2nccn2C)[nH]c1=O.Cc1cnc(-c2cnc[nH]2)[nH]c1=O. The Balaban J connectivity index is 0.000000162. The predicted molar refractivity (Wildman–Crippen MR) is 101 cm³/mol. The van der Waals surface area contributed by atoms with E-state index in [0.717, 1.165) is 0 Å². The first-order valence-electron chi connectivity index (χ1n) is 8.15. The number of hydrogen-bond acceptors (Lipinski definition) is 7. The molecular formula is C17H18N8O3. The van der Waals surface area contributed by atoms with Crippen LogP contribution in [0.3, 0.4) is 0 Å². The first-order valence-corrected chi connectivity index (χ1v) is 8.15. The Hall–Kier alpha value is -4.02. The van der Waals surface area contributed by atoms with E-state index < -0.39 is 0 Å². The summed E-state index contributed by atoms with van der Waals surface area (Å²) in [4.78, 5) is 46.7. The van der Waals surface area contributed by atoms with Gasteiger partial charge in [-0.1, -0.05) is 0 Å². The maximum Gasteiger partial charge on any atom is 0.293 e. The van der Waals surface area contributed by atoms with Gasteiger partial charge in [0.05, 0.1) is 25.8 Å². The van der Waals surface area contributed by atoms with Gasteiger partial charge in [0, 0.05) is 31.2 Å². The molecule has 0 aliphatic carbocycles. The highest BCUT2D eigenvalue weighted by molar-refractivity contribution is 5.46. The molecule has 4 heterocycles. The van der Waals surface area contributed by atoms with E-state index in [-0.39, 0.29) is 16.9 Å². The van der Waals surface area contributed by atoms with Crippen molar-refractivity contribution in [1.29, 1.82) is 0 Å². The molecule has 0 saturated heterocycles. The Morgan fingerprint density at radius 1 is 1.00 bits per heavy atom. The van der Waals surface area contributed by atoms with Crippen LogP contribution in [-0.4, -0.2) is 46.6 Å². The van der Waals surface area contributed by atoms with Gasteiger partial charge in [-0.2, -0.15) is 0 Å². The number of hydrogen-bond donors (Lipinski definition) is 3. The molecule has 11 nitrogen and oxygen atoms in total. The summed E-state index contributed by atoms with van der Waals surface area (Å²) < 4.78 is 6.58. The lowest BCUT2D eigenvalue weighted by molar-refractivity contribution is 0.406. The van der Waals surface area contributed by atoms with Crippen molar-refractivity contribution in [2.24, 2.45) is 7.05 Å². The molecule has 0 bridgehead atoms. The van der Waals surface area contributed by atoms with Gasteiger partial charge >= 0.3 is 0 Å². The fourth-order valence-corrected chi connectivity index (χ4v) is 2.22. The highest BCUT2D eigenvalue weighted by Gasteiger charge is 2.08. The van der Waals surface area contributed by atoms with Crippen LogP contribution in [0.25, 0.3) is 23.2 Å². The zero-order valence-corrected chi connectivity index (χ0v) is 15.4. The van der Waals surface area contributed by atoms with Crippen LogP contribution in [0.1, 0.15) is 5.56 Å². The van der Waals surface area contributed by atoms with E-state index in [2.05, 4.69) is 34.9 Å². The zero-order valence-electron chi connectivity index (χ0n) is 15.4. The summed E-state index contributed by atoms with van der Waals surface area (Å²) >= 11 is 0. The van der Waals surface area contributed by atoms with E-state index in [0.29, 0.717) is 28.7 Å². The smallest absolute Gasteiger partial charge is 0.293 e. The number of imidazole rings is 2. The van der Waals surface area contributed by atoms with Crippen molar-refractivity contribution < 1.29 is 4.74 Å². The monoisotopic (exact) mass is 382 g/mol. The van der Waals surface area contributed by atoms with E-state index >= 15 is 0 Å². The number of aryl methyl sites for hydroxylation is 2. The van der Waals surface area contributed by atoms with Crippen molar-refractivity contribution in [3.8, 4) is 28.9 Å². The van der Waals surface area contributed by atoms with Crippen molar-refractivity contribution in [1.82, 2.24) is 39.5 Å². The largest absolute Gasteiger partial charge is 0.490 e. The third kappa shape index (κ3) is 4.03. The van der Waals surface area contributed by atoms with Crippen LogP contribution in [0.4, 0.5) is 0 Å². The number of H-pyrrole nitrogens is 3. The molecule has 0 aromatic carbocycles. The van der Waals surface area contributed by atoms with E-state index in [4.69, 9.17) is 4.74 Å². The quantitative estimate of drug-likeness (QED) is 0.471. The summed E-state index contributed by atoms with van der Waals surface area (Å²) in [5.41, 5.74) is 0.866. The summed E-state index contributed by atoms with van der Waals surface area (Å²) in [6.07, 6.45) is 9.47. The Kier molecular flexibility index (Phi) is 5.44. The average molecular weight is 382 g/mol. The normalized spacial score (nSPS) is 10.2. The number of nitrogens with zero attached hydrogens (tertiary/aromatic N) is 5. The van der Waals surface area contributed by atoms with Gasteiger partial charge in [0.1, 0.15) is 5.69 Å². The summed E-state index contributed by atoms with van der Waals surface area (Å²) in [6, 6.07) is 0. The summed E-state index contributed by atoms with van der Waals surface area (Å²) in [7, 11) is 3.25. The summed E-state index contributed by atoms with van der Waals surface area (Å²) in [5, 5.41) is 0. The molecule has 144 valence electrons. The molecule has 28 heavy (non-hydrogen) atoms. The molecule has 0 aliphatic heterocycles. The molecule has 0 radical (unpaired) electrons. The molecule has 0 fully saturated rings. The van der Waals surface area contributed by atoms with Gasteiger partial charge < -0.3 is 24.3 Å². The lowest BCUT2D eigenvalue weighted by atomic mass is 10.3. The zero-order chi connectivity index (χ0) is 20.1. The number of rotatable bonds is 3. The van der Waals surface area contributed by atoms with Gasteiger partial charge in [-0.3, -0.25) is 9.59 Å². The van der Waals surface area contributed by atoms with Crippen molar-refractivity contribution >= 4 is 0 Å². The Morgan fingerprint density at radius 3 is 2.32 bits per heavy atom. The molecule has 0 aliphatic rings. The highest BCUT2D eigenvalue weighted by atomic mass is 16.5. The molecule has 3 N–H and O–H groups in total. The minimum Gasteiger partial charge on any atom is -0.490 e. The summed E-state index contributed by atoms with van der Waals surface area (Å²) in [6.45, 7) is 1.71. The molecule has 4 aromatic heterocycles. The third-order valence-corrected chi connectivity index (χ3v) is 3.75. The number of methoxy groups -OCH3 is 1.